The molecule has 0 aliphatic carbocycles. The molecule has 1 atom stereocenters. The van der Waals surface area contributed by atoms with E-state index in [1.807, 2.05) is 15.3 Å². The largest absolute Gasteiger partial charge is 0.313 e. The summed E-state index contributed by atoms with van der Waals surface area (Å²) in [7, 11) is 2.14. The molecule has 0 bridgehead atoms. The fraction of sp³-hybridized carbons (Fsp3) is 0.357. The molecule has 21 heavy (non-hydrogen) atoms. The molecule has 0 amide bonds. The van der Waals surface area contributed by atoms with E-state index in [9.17, 15) is 0 Å². The molecular weight excluding hydrogens is 302 g/mol. The number of hydrogen-bond acceptors (Lipinski definition) is 4. The van der Waals surface area contributed by atoms with Gasteiger partial charge in [-0.25, -0.2) is 4.98 Å². The maximum absolute atomic E-state index is 5.40. The molecule has 0 fully saturated rings. The smallest absolute Gasteiger partial charge is 0.202 e. The summed E-state index contributed by atoms with van der Waals surface area (Å²) in [6, 6.07) is 8.26. The van der Waals surface area contributed by atoms with Gasteiger partial charge in [0.25, 0.3) is 0 Å². The third-order valence-corrected chi connectivity index (χ3v) is 4.83. The number of thiazole rings is 1. The Balaban J connectivity index is 1.72. The number of rotatable bonds is 5. The van der Waals surface area contributed by atoms with Crippen LogP contribution in [0.1, 0.15) is 11.9 Å². The Morgan fingerprint density at radius 1 is 1.33 bits per heavy atom. The van der Waals surface area contributed by atoms with Gasteiger partial charge in [-0.1, -0.05) is 12.1 Å². The summed E-state index contributed by atoms with van der Waals surface area (Å²) >= 11 is 7.15. The van der Waals surface area contributed by atoms with Crippen LogP contribution in [0, 0.1) is 4.77 Å². The van der Waals surface area contributed by atoms with Crippen molar-refractivity contribution in [3.05, 3.63) is 40.4 Å². The van der Waals surface area contributed by atoms with E-state index in [-0.39, 0.29) is 0 Å². The normalized spacial score (nSPS) is 12.9. The van der Waals surface area contributed by atoms with Crippen LogP contribution in [0.15, 0.2) is 30.6 Å². The Bertz CT molecular complexity index is 768. The molecule has 2 heterocycles. The van der Waals surface area contributed by atoms with Crippen LogP contribution >= 0.6 is 23.6 Å². The molecule has 7 heteroatoms. The van der Waals surface area contributed by atoms with E-state index in [2.05, 4.69) is 42.3 Å². The Labute approximate surface area is 132 Å². The van der Waals surface area contributed by atoms with Crippen molar-refractivity contribution in [2.75, 3.05) is 7.05 Å². The molecule has 1 unspecified atom stereocenters. The molecule has 2 aromatic heterocycles. The van der Waals surface area contributed by atoms with Crippen molar-refractivity contribution in [1.29, 1.82) is 0 Å². The molecule has 0 aliphatic rings. The van der Waals surface area contributed by atoms with Gasteiger partial charge in [0.2, 0.25) is 4.77 Å². The highest BCUT2D eigenvalue weighted by atomic mass is 32.1. The summed E-state index contributed by atoms with van der Waals surface area (Å²) in [6.07, 6.45) is 1.80. The average molecular weight is 320 g/mol. The van der Waals surface area contributed by atoms with E-state index in [1.54, 1.807) is 17.7 Å². The topological polar surface area (TPSA) is 40.1 Å². The first-order chi connectivity index (χ1) is 10.2. The van der Waals surface area contributed by atoms with Crippen LogP contribution in [0.4, 0.5) is 0 Å². The van der Waals surface area contributed by atoms with E-state index >= 15 is 0 Å². The summed E-state index contributed by atoms with van der Waals surface area (Å²) in [5, 5.41) is 5.50. The van der Waals surface area contributed by atoms with E-state index in [0.29, 0.717) is 0 Å². The van der Waals surface area contributed by atoms with Crippen LogP contribution in [0.2, 0.25) is 0 Å². The van der Waals surface area contributed by atoms with Crippen LogP contribution in [0.3, 0.4) is 0 Å². The predicted octanol–water partition coefficient (Wildman–Crippen LogP) is 1.72. The fourth-order valence-corrected chi connectivity index (χ4v) is 3.63. The van der Waals surface area contributed by atoms with E-state index in [4.69, 9.17) is 12.2 Å². The molecule has 0 saturated carbocycles. The molecule has 110 valence electrons. The number of aryl methyl sites for hydroxylation is 1. The van der Waals surface area contributed by atoms with Gasteiger partial charge in [0, 0.05) is 6.54 Å². The molecule has 5 nitrogen and oxygen atoms in total. The zero-order valence-corrected chi connectivity index (χ0v) is 13.7. The summed E-state index contributed by atoms with van der Waals surface area (Å²) in [5.74, 6) is 0. The highest BCUT2D eigenvalue weighted by Gasteiger charge is 2.11. The van der Waals surface area contributed by atoms with Gasteiger partial charge in [0.05, 0.1) is 17.3 Å². The van der Waals surface area contributed by atoms with Crippen LogP contribution in [-0.4, -0.2) is 26.4 Å². The van der Waals surface area contributed by atoms with Crippen molar-refractivity contribution in [2.24, 2.45) is 0 Å². The van der Waals surface area contributed by atoms with Gasteiger partial charge in [0.15, 0.2) is 6.67 Å². The lowest BCUT2D eigenvalue weighted by Crippen LogP contribution is -3.07. The van der Waals surface area contributed by atoms with Crippen molar-refractivity contribution < 1.29 is 4.90 Å². The molecular formula is C14H18N5S2+. The summed E-state index contributed by atoms with van der Waals surface area (Å²) in [5.41, 5.74) is 1.08. The van der Waals surface area contributed by atoms with Crippen molar-refractivity contribution in [1.82, 2.24) is 19.3 Å². The van der Waals surface area contributed by atoms with Crippen molar-refractivity contribution in [3.8, 4) is 0 Å². The van der Waals surface area contributed by atoms with Gasteiger partial charge < -0.3 is 9.47 Å². The molecule has 3 aromatic rings. The number of benzene rings is 1. The summed E-state index contributed by atoms with van der Waals surface area (Å²) < 4.78 is 5.87. The van der Waals surface area contributed by atoms with E-state index in [0.717, 1.165) is 35.1 Å². The minimum absolute atomic E-state index is 0.752. The Morgan fingerprint density at radius 2 is 2.14 bits per heavy atom. The standard InChI is InChI=1S/C14H17N5S2/c1-3-18-9-15-19(14(18)20)10-17(2)8-13-16-11-6-4-5-7-12(11)21-13/h4-7,9H,3,8,10H2,1-2H3/p+1. The summed E-state index contributed by atoms with van der Waals surface area (Å²) in [6.45, 7) is 4.55. The number of fused-ring (bicyclic) bond motifs is 1. The maximum Gasteiger partial charge on any atom is 0.202 e. The van der Waals surface area contributed by atoms with Gasteiger partial charge in [-0.2, -0.15) is 9.78 Å². The first-order valence-corrected chi connectivity index (χ1v) is 8.18. The lowest BCUT2D eigenvalue weighted by molar-refractivity contribution is -0.917. The lowest BCUT2D eigenvalue weighted by atomic mass is 10.3. The highest BCUT2D eigenvalue weighted by Crippen LogP contribution is 2.20. The first-order valence-electron chi connectivity index (χ1n) is 6.95. The van der Waals surface area contributed by atoms with Crippen LogP contribution in [0.5, 0.6) is 0 Å². The van der Waals surface area contributed by atoms with Crippen LogP contribution in [-0.2, 0) is 19.8 Å². The molecule has 3 rings (SSSR count). The summed E-state index contributed by atoms with van der Waals surface area (Å²) in [4.78, 5) is 5.99. The molecule has 1 N–H and O–H groups in total. The lowest BCUT2D eigenvalue weighted by Gasteiger charge is -2.11. The monoisotopic (exact) mass is 320 g/mol. The Morgan fingerprint density at radius 3 is 2.86 bits per heavy atom. The molecule has 0 spiro atoms. The predicted molar refractivity (Wildman–Crippen MR) is 86.9 cm³/mol. The fourth-order valence-electron chi connectivity index (χ4n) is 2.26. The number of para-hydroxylation sites is 1. The second-order valence-electron chi connectivity index (χ2n) is 5.07. The molecule has 0 aliphatic heterocycles. The quantitative estimate of drug-likeness (QED) is 0.728. The van der Waals surface area contributed by atoms with Gasteiger partial charge in [-0.15, -0.1) is 11.3 Å². The Hall–Kier alpha value is -1.57. The van der Waals surface area contributed by atoms with Gasteiger partial charge in [-0.05, 0) is 31.3 Å². The first kappa shape index (κ1) is 14.4. The number of aromatic nitrogens is 4. The minimum atomic E-state index is 0.752. The number of quaternary nitrogens is 1. The minimum Gasteiger partial charge on any atom is -0.313 e. The van der Waals surface area contributed by atoms with Crippen molar-refractivity contribution in [3.63, 3.8) is 0 Å². The SMILES string of the molecule is CCn1cnn(C[NH+](C)Cc2nc3ccccc3s2)c1=S. The average Bonchev–Trinajstić information content (AvgIpc) is 3.02. The van der Waals surface area contributed by atoms with Crippen LogP contribution in [0.25, 0.3) is 10.2 Å². The number of nitrogens with zero attached hydrogens (tertiary/aromatic N) is 4. The van der Waals surface area contributed by atoms with Crippen molar-refractivity contribution in [2.45, 2.75) is 26.7 Å². The second-order valence-corrected chi connectivity index (χ2v) is 6.55. The number of nitrogens with one attached hydrogen (secondary N) is 1. The Kier molecular flexibility index (Phi) is 4.14. The molecule has 1 aromatic carbocycles. The van der Waals surface area contributed by atoms with Gasteiger partial charge >= 0.3 is 0 Å². The zero-order valence-electron chi connectivity index (χ0n) is 12.1. The maximum atomic E-state index is 5.40. The number of hydrogen-bond donors (Lipinski definition) is 1. The third-order valence-electron chi connectivity index (χ3n) is 3.35. The molecule has 0 radical (unpaired) electrons. The molecule has 0 saturated heterocycles. The highest BCUT2D eigenvalue weighted by molar-refractivity contribution is 7.71. The van der Waals surface area contributed by atoms with E-state index < -0.39 is 0 Å². The zero-order chi connectivity index (χ0) is 14.8. The van der Waals surface area contributed by atoms with Crippen LogP contribution < -0.4 is 4.90 Å². The van der Waals surface area contributed by atoms with E-state index in [1.165, 1.54) is 9.60 Å². The second kappa shape index (κ2) is 6.05. The van der Waals surface area contributed by atoms with Gasteiger partial charge in [-0.3, -0.25) is 0 Å². The van der Waals surface area contributed by atoms with Crippen molar-refractivity contribution >= 4 is 33.8 Å². The van der Waals surface area contributed by atoms with Gasteiger partial charge in [0.1, 0.15) is 17.9 Å². The third kappa shape index (κ3) is 3.04.